The molecule has 0 fully saturated rings. The SMILES string of the molecule is CC(C)Cn1c(SCC(=O)Nc2ccc(F)cc2Br)nnc1C(C)Oc1ccccc1Cl. The number of anilines is 1. The molecule has 0 bridgehead atoms. The number of hydrogen-bond acceptors (Lipinski definition) is 5. The molecular formula is C22H23BrClFN4O2S. The lowest BCUT2D eigenvalue weighted by molar-refractivity contribution is -0.113. The number of benzene rings is 2. The van der Waals surface area contributed by atoms with Gasteiger partial charge in [-0.3, -0.25) is 4.79 Å². The fourth-order valence-corrected chi connectivity index (χ4v) is 4.32. The number of amides is 1. The molecule has 3 rings (SSSR count). The van der Waals surface area contributed by atoms with Crippen LogP contribution in [0.15, 0.2) is 52.1 Å². The first-order valence-corrected chi connectivity index (χ1v) is 12.1. The highest BCUT2D eigenvalue weighted by Gasteiger charge is 2.21. The van der Waals surface area contributed by atoms with E-state index in [0.29, 0.717) is 44.4 Å². The van der Waals surface area contributed by atoms with E-state index in [0.717, 1.165) is 0 Å². The number of nitrogens with one attached hydrogen (secondary N) is 1. The number of rotatable bonds is 9. The van der Waals surface area contributed by atoms with Crippen molar-refractivity contribution in [3.8, 4) is 5.75 Å². The van der Waals surface area contributed by atoms with Crippen molar-refractivity contribution in [3.05, 3.63) is 63.6 Å². The van der Waals surface area contributed by atoms with Gasteiger partial charge >= 0.3 is 0 Å². The molecule has 10 heteroatoms. The predicted octanol–water partition coefficient (Wildman–Crippen LogP) is 6.36. The van der Waals surface area contributed by atoms with Gasteiger partial charge in [0.25, 0.3) is 0 Å². The highest BCUT2D eigenvalue weighted by Crippen LogP contribution is 2.30. The van der Waals surface area contributed by atoms with Crippen molar-refractivity contribution in [2.75, 3.05) is 11.1 Å². The average molecular weight is 542 g/mol. The third-order valence-electron chi connectivity index (χ3n) is 4.33. The summed E-state index contributed by atoms with van der Waals surface area (Å²) in [4.78, 5) is 12.4. The third-order valence-corrected chi connectivity index (χ3v) is 6.27. The molecule has 6 nitrogen and oxygen atoms in total. The number of carbonyl (C=O) groups is 1. The molecule has 1 N–H and O–H groups in total. The van der Waals surface area contributed by atoms with Crippen LogP contribution in [0.1, 0.15) is 32.7 Å². The lowest BCUT2D eigenvalue weighted by Gasteiger charge is -2.18. The van der Waals surface area contributed by atoms with E-state index in [-0.39, 0.29) is 23.6 Å². The molecule has 1 amide bonds. The number of thioether (sulfide) groups is 1. The molecule has 0 spiro atoms. The van der Waals surface area contributed by atoms with Gasteiger partial charge in [0.1, 0.15) is 11.6 Å². The van der Waals surface area contributed by atoms with Gasteiger partial charge in [0.05, 0.1) is 16.5 Å². The summed E-state index contributed by atoms with van der Waals surface area (Å²) in [7, 11) is 0. The van der Waals surface area contributed by atoms with E-state index < -0.39 is 0 Å². The zero-order chi connectivity index (χ0) is 23.3. The minimum absolute atomic E-state index is 0.125. The molecule has 0 saturated carbocycles. The number of carbonyl (C=O) groups excluding carboxylic acids is 1. The van der Waals surface area contributed by atoms with E-state index in [9.17, 15) is 9.18 Å². The summed E-state index contributed by atoms with van der Waals surface area (Å²) in [5, 5.41) is 12.5. The van der Waals surface area contributed by atoms with E-state index in [4.69, 9.17) is 16.3 Å². The largest absolute Gasteiger partial charge is 0.481 e. The minimum atomic E-state index is -0.389. The highest BCUT2D eigenvalue weighted by atomic mass is 79.9. The molecule has 0 aliphatic carbocycles. The van der Waals surface area contributed by atoms with Gasteiger partial charge < -0.3 is 14.6 Å². The molecule has 0 aliphatic rings. The van der Waals surface area contributed by atoms with Crippen LogP contribution in [-0.2, 0) is 11.3 Å². The van der Waals surface area contributed by atoms with Gasteiger partial charge in [-0.15, -0.1) is 10.2 Å². The molecule has 32 heavy (non-hydrogen) atoms. The molecule has 170 valence electrons. The Kier molecular flexibility index (Phi) is 8.56. The van der Waals surface area contributed by atoms with Crippen LogP contribution < -0.4 is 10.1 Å². The Hall–Kier alpha value is -2.10. The topological polar surface area (TPSA) is 69.0 Å². The first-order chi connectivity index (χ1) is 15.2. The Bertz CT molecular complexity index is 1100. The molecule has 1 aromatic heterocycles. The Balaban J connectivity index is 1.71. The number of halogens is 3. The predicted molar refractivity (Wildman–Crippen MR) is 129 cm³/mol. The molecule has 2 aromatic carbocycles. The molecule has 1 heterocycles. The van der Waals surface area contributed by atoms with Crippen LogP contribution in [-0.4, -0.2) is 26.4 Å². The Morgan fingerprint density at radius 2 is 2.00 bits per heavy atom. The Morgan fingerprint density at radius 1 is 1.25 bits per heavy atom. The smallest absolute Gasteiger partial charge is 0.234 e. The zero-order valence-electron chi connectivity index (χ0n) is 17.8. The second-order valence-electron chi connectivity index (χ2n) is 7.50. The molecule has 0 aliphatic heterocycles. The van der Waals surface area contributed by atoms with Crippen LogP contribution >= 0.6 is 39.3 Å². The number of ether oxygens (including phenoxy) is 1. The van der Waals surface area contributed by atoms with Crippen molar-refractivity contribution < 1.29 is 13.9 Å². The maximum absolute atomic E-state index is 13.2. The van der Waals surface area contributed by atoms with E-state index in [1.165, 1.54) is 30.0 Å². The van der Waals surface area contributed by atoms with Crippen molar-refractivity contribution in [3.63, 3.8) is 0 Å². The fourth-order valence-electron chi connectivity index (χ4n) is 2.93. The van der Waals surface area contributed by atoms with Gasteiger partial charge in [-0.25, -0.2) is 4.39 Å². The summed E-state index contributed by atoms with van der Waals surface area (Å²) in [6.45, 7) is 6.75. The standard InChI is InChI=1S/C22H23BrClFN4O2S/c1-13(2)11-29-21(14(3)31-19-7-5-4-6-17(19)24)27-28-22(29)32-12-20(30)26-18-9-8-15(25)10-16(18)23/h4-10,13-14H,11-12H2,1-3H3,(H,26,30). The van der Waals surface area contributed by atoms with Crippen LogP contribution in [0, 0.1) is 11.7 Å². The second kappa shape index (κ2) is 11.2. The van der Waals surface area contributed by atoms with E-state index in [2.05, 4.69) is 45.3 Å². The van der Waals surface area contributed by atoms with E-state index in [1.807, 2.05) is 23.6 Å². The maximum Gasteiger partial charge on any atom is 0.234 e. The van der Waals surface area contributed by atoms with Gasteiger partial charge in [-0.1, -0.05) is 49.3 Å². The van der Waals surface area contributed by atoms with Crippen molar-refractivity contribution in [1.82, 2.24) is 14.8 Å². The van der Waals surface area contributed by atoms with Crippen molar-refractivity contribution in [2.45, 2.75) is 38.6 Å². The lowest BCUT2D eigenvalue weighted by Crippen LogP contribution is -2.17. The highest BCUT2D eigenvalue weighted by molar-refractivity contribution is 9.10. The number of aromatic nitrogens is 3. The van der Waals surface area contributed by atoms with Crippen molar-refractivity contribution in [2.24, 2.45) is 5.92 Å². The second-order valence-corrected chi connectivity index (χ2v) is 9.70. The van der Waals surface area contributed by atoms with Gasteiger partial charge in [0.15, 0.2) is 17.1 Å². The number of hydrogen-bond donors (Lipinski definition) is 1. The summed E-state index contributed by atoms with van der Waals surface area (Å²) in [6.07, 6.45) is -0.389. The van der Waals surface area contributed by atoms with E-state index in [1.54, 1.807) is 12.1 Å². The fraction of sp³-hybridized carbons (Fsp3) is 0.318. The van der Waals surface area contributed by atoms with Gasteiger partial charge in [-0.2, -0.15) is 0 Å². The minimum Gasteiger partial charge on any atom is -0.481 e. The summed E-state index contributed by atoms with van der Waals surface area (Å²) in [5.74, 6) is 1.07. The van der Waals surface area contributed by atoms with Gasteiger partial charge in [0, 0.05) is 11.0 Å². The van der Waals surface area contributed by atoms with E-state index >= 15 is 0 Å². The van der Waals surface area contributed by atoms with Gasteiger partial charge in [-0.05, 0) is 59.1 Å². The van der Waals surface area contributed by atoms with Crippen LogP contribution in [0.4, 0.5) is 10.1 Å². The normalized spacial score (nSPS) is 12.1. The van der Waals surface area contributed by atoms with Crippen molar-refractivity contribution in [1.29, 1.82) is 0 Å². The average Bonchev–Trinajstić information content (AvgIpc) is 3.12. The number of nitrogens with zero attached hydrogens (tertiary/aromatic N) is 3. The number of para-hydroxylation sites is 1. The monoisotopic (exact) mass is 540 g/mol. The van der Waals surface area contributed by atoms with Crippen LogP contribution in [0.3, 0.4) is 0 Å². The molecule has 0 saturated heterocycles. The first kappa shape index (κ1) is 24.5. The van der Waals surface area contributed by atoms with Crippen molar-refractivity contribution >= 4 is 50.9 Å². The lowest BCUT2D eigenvalue weighted by atomic mass is 10.2. The molecule has 0 radical (unpaired) electrons. The maximum atomic E-state index is 13.2. The molecule has 1 unspecified atom stereocenters. The van der Waals surface area contributed by atoms with Crippen LogP contribution in [0.2, 0.25) is 5.02 Å². The summed E-state index contributed by atoms with van der Waals surface area (Å²) in [6, 6.07) is 11.4. The first-order valence-electron chi connectivity index (χ1n) is 9.96. The molecular weight excluding hydrogens is 519 g/mol. The molecule has 3 aromatic rings. The van der Waals surface area contributed by atoms with Crippen LogP contribution in [0.5, 0.6) is 5.75 Å². The summed E-state index contributed by atoms with van der Waals surface area (Å²) in [5.41, 5.74) is 0.503. The van der Waals surface area contributed by atoms with Crippen LogP contribution in [0.25, 0.3) is 0 Å². The molecule has 1 atom stereocenters. The summed E-state index contributed by atoms with van der Waals surface area (Å²) < 4.78 is 21.7. The third kappa shape index (κ3) is 6.46. The quantitative estimate of drug-likeness (QED) is 0.319. The zero-order valence-corrected chi connectivity index (χ0v) is 21.0. The Labute approximate surface area is 204 Å². The van der Waals surface area contributed by atoms with Gasteiger partial charge in [0.2, 0.25) is 5.91 Å². The summed E-state index contributed by atoms with van der Waals surface area (Å²) >= 11 is 10.7. The Morgan fingerprint density at radius 3 is 2.69 bits per heavy atom.